The summed E-state index contributed by atoms with van der Waals surface area (Å²) in [5.41, 5.74) is -0.321. The number of fused-ring (bicyclic) bond motifs is 1. The second kappa shape index (κ2) is 5.59. The van der Waals surface area contributed by atoms with Crippen molar-refractivity contribution in [3.63, 3.8) is 0 Å². The first-order chi connectivity index (χ1) is 10.5. The lowest BCUT2D eigenvalue weighted by Gasteiger charge is -2.32. The Kier molecular flexibility index (Phi) is 3.76. The molecular formula is C16H20N2O4. The highest BCUT2D eigenvalue weighted by molar-refractivity contribution is 5.97. The van der Waals surface area contributed by atoms with Crippen LogP contribution in [0, 0.1) is 5.92 Å². The zero-order valence-electron chi connectivity index (χ0n) is 12.6. The maximum Gasteiger partial charge on any atom is 0.326 e. The zero-order valence-corrected chi connectivity index (χ0v) is 12.6. The number of carboxylic acids is 1. The van der Waals surface area contributed by atoms with Gasteiger partial charge in [-0.25, -0.2) is 4.79 Å². The van der Waals surface area contributed by atoms with Gasteiger partial charge in [-0.05, 0) is 37.3 Å². The second-order valence-corrected chi connectivity index (χ2v) is 6.25. The Morgan fingerprint density at radius 3 is 2.73 bits per heavy atom. The van der Waals surface area contributed by atoms with E-state index in [4.69, 9.17) is 0 Å². The predicted octanol–water partition coefficient (Wildman–Crippen LogP) is 1.24. The average molecular weight is 304 g/mol. The molecule has 3 atom stereocenters. The van der Waals surface area contributed by atoms with Gasteiger partial charge in [0, 0.05) is 19.3 Å². The number of hydrogen-bond donors (Lipinski definition) is 1. The smallest absolute Gasteiger partial charge is 0.326 e. The van der Waals surface area contributed by atoms with Gasteiger partial charge in [0.1, 0.15) is 11.6 Å². The van der Waals surface area contributed by atoms with Crippen molar-refractivity contribution < 1.29 is 14.7 Å². The Bertz CT molecular complexity index is 666. The van der Waals surface area contributed by atoms with E-state index in [1.165, 1.54) is 15.5 Å². The van der Waals surface area contributed by atoms with Crippen LogP contribution in [0.5, 0.6) is 0 Å². The fourth-order valence-electron chi connectivity index (χ4n) is 3.87. The molecule has 3 rings (SSSR count). The molecule has 1 aromatic heterocycles. The number of rotatable bonds is 2. The summed E-state index contributed by atoms with van der Waals surface area (Å²) in [5.74, 6) is -1.18. The Morgan fingerprint density at radius 1 is 1.27 bits per heavy atom. The summed E-state index contributed by atoms with van der Waals surface area (Å²) in [6, 6.07) is 2.26. The van der Waals surface area contributed by atoms with E-state index in [1.807, 2.05) is 0 Å². The molecule has 0 radical (unpaired) electrons. The van der Waals surface area contributed by atoms with Gasteiger partial charge in [-0.1, -0.05) is 12.8 Å². The predicted molar refractivity (Wildman–Crippen MR) is 79.6 cm³/mol. The van der Waals surface area contributed by atoms with Crippen LogP contribution in [0.25, 0.3) is 0 Å². The molecule has 2 heterocycles. The molecule has 1 amide bonds. The monoisotopic (exact) mass is 304 g/mol. The molecule has 6 heteroatoms. The largest absolute Gasteiger partial charge is 0.480 e. The Morgan fingerprint density at radius 2 is 2.00 bits per heavy atom. The summed E-state index contributed by atoms with van der Waals surface area (Å²) in [6.45, 7) is 0. The number of nitrogens with zero attached hydrogens (tertiary/aromatic N) is 2. The summed E-state index contributed by atoms with van der Waals surface area (Å²) in [4.78, 5) is 38.0. The van der Waals surface area contributed by atoms with Gasteiger partial charge in [-0.3, -0.25) is 9.59 Å². The lowest BCUT2D eigenvalue weighted by Crippen LogP contribution is -2.47. The van der Waals surface area contributed by atoms with E-state index in [2.05, 4.69) is 0 Å². The number of amides is 1. The van der Waals surface area contributed by atoms with Crippen LogP contribution in [-0.4, -0.2) is 38.5 Å². The highest BCUT2D eigenvalue weighted by atomic mass is 16.4. The lowest BCUT2D eigenvalue weighted by molar-refractivity contribution is -0.141. The van der Waals surface area contributed by atoms with Crippen LogP contribution in [0.3, 0.4) is 0 Å². The van der Waals surface area contributed by atoms with E-state index in [0.717, 1.165) is 25.7 Å². The molecule has 3 unspecified atom stereocenters. The van der Waals surface area contributed by atoms with Gasteiger partial charge >= 0.3 is 5.97 Å². The van der Waals surface area contributed by atoms with Gasteiger partial charge in [0.2, 0.25) is 0 Å². The standard InChI is InChI=1S/C16H20N2O4/c1-17-8-4-6-11(14(17)19)15(20)18-12-7-3-2-5-10(12)9-13(18)16(21)22/h4,6,8,10,12-13H,2-3,5,7,9H2,1H3,(H,21,22). The van der Waals surface area contributed by atoms with E-state index in [0.29, 0.717) is 6.42 Å². The zero-order chi connectivity index (χ0) is 15.9. The number of aryl methyl sites for hydroxylation is 1. The first-order valence-corrected chi connectivity index (χ1v) is 7.72. The highest BCUT2D eigenvalue weighted by Gasteiger charge is 2.48. The Hall–Kier alpha value is -2.11. The molecule has 1 aliphatic carbocycles. The van der Waals surface area contributed by atoms with Gasteiger partial charge in [0.15, 0.2) is 0 Å². The third-order valence-electron chi connectivity index (χ3n) is 4.96. The van der Waals surface area contributed by atoms with Gasteiger partial charge in [0.25, 0.3) is 11.5 Å². The maximum atomic E-state index is 12.8. The minimum Gasteiger partial charge on any atom is -0.480 e. The SMILES string of the molecule is Cn1cccc(C(=O)N2C(C(=O)O)CC3CCCCC32)c1=O. The number of aliphatic carboxylic acids is 1. The number of pyridine rings is 1. The molecule has 2 fully saturated rings. The van der Waals surface area contributed by atoms with Crippen molar-refractivity contribution in [3.05, 3.63) is 34.2 Å². The fraction of sp³-hybridized carbons (Fsp3) is 0.562. The van der Waals surface area contributed by atoms with Crippen LogP contribution in [0.2, 0.25) is 0 Å². The number of carbonyl (C=O) groups excluding carboxylic acids is 1. The van der Waals surface area contributed by atoms with Gasteiger partial charge in [-0.15, -0.1) is 0 Å². The van der Waals surface area contributed by atoms with Crippen LogP contribution in [0.1, 0.15) is 42.5 Å². The van der Waals surface area contributed by atoms with Crippen molar-refractivity contribution in [1.29, 1.82) is 0 Å². The second-order valence-electron chi connectivity index (χ2n) is 6.25. The molecule has 0 bridgehead atoms. The third-order valence-corrected chi connectivity index (χ3v) is 4.96. The van der Waals surface area contributed by atoms with Crippen molar-refractivity contribution in [2.75, 3.05) is 0 Å². The van der Waals surface area contributed by atoms with Crippen molar-refractivity contribution in [3.8, 4) is 0 Å². The molecule has 1 saturated carbocycles. The number of carbonyl (C=O) groups is 2. The molecule has 1 aliphatic heterocycles. The number of likely N-dealkylation sites (tertiary alicyclic amines) is 1. The molecular weight excluding hydrogens is 284 g/mol. The highest BCUT2D eigenvalue weighted by Crippen LogP contribution is 2.40. The summed E-state index contributed by atoms with van der Waals surface area (Å²) in [6.07, 6.45) is 5.96. The molecule has 22 heavy (non-hydrogen) atoms. The number of carboxylic acid groups (broad SMARTS) is 1. The van der Waals surface area contributed by atoms with Crippen molar-refractivity contribution >= 4 is 11.9 Å². The van der Waals surface area contributed by atoms with Crippen molar-refractivity contribution in [1.82, 2.24) is 9.47 Å². The van der Waals surface area contributed by atoms with Crippen LogP contribution < -0.4 is 5.56 Å². The van der Waals surface area contributed by atoms with Gasteiger partial charge < -0.3 is 14.6 Å². The summed E-state index contributed by atoms with van der Waals surface area (Å²) < 4.78 is 1.34. The molecule has 0 spiro atoms. The maximum absolute atomic E-state index is 12.8. The van der Waals surface area contributed by atoms with E-state index in [1.54, 1.807) is 19.3 Å². The van der Waals surface area contributed by atoms with Crippen molar-refractivity contribution in [2.24, 2.45) is 13.0 Å². The molecule has 6 nitrogen and oxygen atoms in total. The average Bonchev–Trinajstić information content (AvgIpc) is 2.89. The first-order valence-electron chi connectivity index (χ1n) is 7.72. The minimum absolute atomic E-state index is 0.0488. The van der Waals surface area contributed by atoms with Crippen LogP contribution in [-0.2, 0) is 11.8 Å². The topological polar surface area (TPSA) is 79.6 Å². The van der Waals surface area contributed by atoms with Gasteiger partial charge in [0.05, 0.1) is 0 Å². The normalized spacial score (nSPS) is 27.5. The Balaban J connectivity index is 1.99. The molecule has 118 valence electrons. The molecule has 1 N–H and O–H groups in total. The number of aromatic nitrogens is 1. The van der Waals surface area contributed by atoms with Crippen LogP contribution >= 0.6 is 0 Å². The fourth-order valence-corrected chi connectivity index (χ4v) is 3.87. The lowest BCUT2D eigenvalue weighted by atomic mass is 9.84. The molecule has 2 aliphatic rings. The van der Waals surface area contributed by atoms with E-state index >= 15 is 0 Å². The van der Waals surface area contributed by atoms with Gasteiger partial charge in [-0.2, -0.15) is 0 Å². The van der Waals surface area contributed by atoms with E-state index < -0.39 is 17.9 Å². The van der Waals surface area contributed by atoms with Crippen molar-refractivity contribution in [2.45, 2.75) is 44.2 Å². The first kappa shape index (κ1) is 14.8. The molecule has 0 aromatic carbocycles. The molecule has 1 saturated heterocycles. The summed E-state index contributed by atoms with van der Waals surface area (Å²) in [7, 11) is 1.58. The Labute approximate surface area is 128 Å². The van der Waals surface area contributed by atoms with E-state index in [-0.39, 0.29) is 23.1 Å². The van der Waals surface area contributed by atoms with E-state index in [9.17, 15) is 19.5 Å². The third kappa shape index (κ3) is 2.32. The summed E-state index contributed by atoms with van der Waals surface area (Å²) >= 11 is 0. The minimum atomic E-state index is -0.976. The summed E-state index contributed by atoms with van der Waals surface area (Å²) in [5, 5.41) is 9.47. The number of hydrogen-bond acceptors (Lipinski definition) is 3. The quantitative estimate of drug-likeness (QED) is 0.891. The van der Waals surface area contributed by atoms with Crippen LogP contribution in [0.15, 0.2) is 23.1 Å². The molecule has 1 aromatic rings. The van der Waals surface area contributed by atoms with Crippen LogP contribution in [0.4, 0.5) is 0 Å².